The van der Waals surface area contributed by atoms with Gasteiger partial charge in [0.2, 0.25) is 5.91 Å². The van der Waals surface area contributed by atoms with Gasteiger partial charge in [0, 0.05) is 11.9 Å². The van der Waals surface area contributed by atoms with Crippen LogP contribution in [-0.2, 0) is 9.53 Å². The number of amides is 1. The number of hydrogen-bond acceptors (Lipinski definition) is 4. The highest BCUT2D eigenvalue weighted by molar-refractivity contribution is 8.00. The highest BCUT2D eigenvalue weighted by atomic mass is 32.2. The Balaban J connectivity index is 1.72. The third kappa shape index (κ3) is 3.89. The lowest BCUT2D eigenvalue weighted by atomic mass is 10.1. The maximum absolute atomic E-state index is 12.6. The van der Waals surface area contributed by atoms with Crippen LogP contribution in [0, 0.1) is 0 Å². The quantitative estimate of drug-likeness (QED) is 0.497. The summed E-state index contributed by atoms with van der Waals surface area (Å²) in [5.74, 6) is -0.258. The molecule has 0 saturated carbocycles. The molecule has 3 aromatic rings. The van der Waals surface area contributed by atoms with Crippen LogP contribution >= 0.6 is 11.8 Å². The molecule has 0 saturated heterocycles. The highest BCUT2D eigenvalue weighted by Gasteiger charge is 2.18. The summed E-state index contributed by atoms with van der Waals surface area (Å²) in [4.78, 5) is 27.0. The maximum Gasteiger partial charge on any atom is 0.339 e. The molecular formula is C21H19NO3S. The van der Waals surface area contributed by atoms with Gasteiger partial charge >= 0.3 is 5.97 Å². The summed E-state index contributed by atoms with van der Waals surface area (Å²) < 4.78 is 4.79. The van der Waals surface area contributed by atoms with Gasteiger partial charge in [-0.2, -0.15) is 0 Å². The molecule has 1 amide bonds. The van der Waals surface area contributed by atoms with Crippen molar-refractivity contribution in [1.29, 1.82) is 0 Å². The van der Waals surface area contributed by atoms with E-state index in [-0.39, 0.29) is 11.7 Å². The van der Waals surface area contributed by atoms with E-state index in [1.807, 2.05) is 18.2 Å². The molecule has 4 nitrogen and oxygen atoms in total. The number of para-hydroxylation sites is 1. The first-order chi connectivity index (χ1) is 12.6. The number of ether oxygens (including phenoxy) is 1. The van der Waals surface area contributed by atoms with Crippen molar-refractivity contribution in [2.75, 3.05) is 24.8 Å². The van der Waals surface area contributed by atoms with Gasteiger partial charge in [0.25, 0.3) is 0 Å². The molecule has 0 aliphatic heterocycles. The van der Waals surface area contributed by atoms with Crippen molar-refractivity contribution >= 4 is 40.1 Å². The van der Waals surface area contributed by atoms with Crippen LogP contribution in [0.2, 0.25) is 0 Å². The van der Waals surface area contributed by atoms with E-state index in [9.17, 15) is 9.59 Å². The monoisotopic (exact) mass is 365 g/mol. The van der Waals surface area contributed by atoms with Crippen molar-refractivity contribution in [1.82, 2.24) is 0 Å². The lowest BCUT2D eigenvalue weighted by Gasteiger charge is -2.19. The number of methoxy groups -OCH3 is 1. The van der Waals surface area contributed by atoms with Crippen molar-refractivity contribution in [2.45, 2.75) is 4.90 Å². The first kappa shape index (κ1) is 18.0. The molecule has 0 radical (unpaired) electrons. The fourth-order valence-electron chi connectivity index (χ4n) is 2.68. The Bertz CT molecular complexity index is 955. The molecule has 0 aromatic heterocycles. The minimum Gasteiger partial charge on any atom is -0.465 e. The molecule has 0 N–H and O–H groups in total. The number of rotatable bonds is 5. The molecule has 5 heteroatoms. The van der Waals surface area contributed by atoms with E-state index < -0.39 is 5.97 Å². The predicted octanol–water partition coefficient (Wildman–Crippen LogP) is 4.38. The van der Waals surface area contributed by atoms with Crippen molar-refractivity contribution in [3.8, 4) is 0 Å². The van der Waals surface area contributed by atoms with Gasteiger partial charge in [-0.15, -0.1) is 11.8 Å². The molecule has 0 heterocycles. The summed E-state index contributed by atoms with van der Waals surface area (Å²) in [5, 5.41) is 2.32. The average Bonchev–Trinajstić information content (AvgIpc) is 2.70. The number of anilines is 1. The molecule has 3 aromatic carbocycles. The first-order valence-electron chi connectivity index (χ1n) is 8.15. The zero-order chi connectivity index (χ0) is 18.5. The predicted molar refractivity (Wildman–Crippen MR) is 106 cm³/mol. The van der Waals surface area contributed by atoms with Crippen LogP contribution in [0.5, 0.6) is 0 Å². The molecule has 0 atom stereocenters. The van der Waals surface area contributed by atoms with E-state index >= 15 is 0 Å². The number of benzene rings is 3. The third-order valence-electron chi connectivity index (χ3n) is 4.13. The Morgan fingerprint density at radius 2 is 1.65 bits per heavy atom. The Labute approximate surface area is 156 Å². The Morgan fingerprint density at radius 1 is 0.962 bits per heavy atom. The summed E-state index contributed by atoms with van der Waals surface area (Å²) in [6, 6.07) is 21.2. The number of carbonyl (C=O) groups is 2. The fourth-order valence-corrected chi connectivity index (χ4v) is 3.54. The first-order valence-corrected chi connectivity index (χ1v) is 9.14. The SMILES string of the molecule is COC(=O)c1ccccc1N(C)C(=O)CSc1ccc2ccccc2c1. The third-order valence-corrected chi connectivity index (χ3v) is 5.11. The molecule has 0 aliphatic rings. The van der Waals surface area contributed by atoms with Gasteiger partial charge in [-0.05, 0) is 35.0 Å². The summed E-state index contributed by atoms with van der Waals surface area (Å²) in [7, 11) is 3.00. The summed E-state index contributed by atoms with van der Waals surface area (Å²) in [5.41, 5.74) is 0.921. The van der Waals surface area contributed by atoms with Gasteiger partial charge in [0.15, 0.2) is 0 Å². The van der Waals surface area contributed by atoms with Crippen molar-refractivity contribution in [2.24, 2.45) is 0 Å². The fraction of sp³-hybridized carbons (Fsp3) is 0.143. The highest BCUT2D eigenvalue weighted by Crippen LogP contribution is 2.25. The van der Waals surface area contributed by atoms with E-state index in [0.29, 0.717) is 11.3 Å². The zero-order valence-electron chi connectivity index (χ0n) is 14.6. The number of fused-ring (bicyclic) bond motifs is 1. The Kier molecular flexibility index (Phi) is 5.58. The van der Waals surface area contributed by atoms with E-state index in [1.54, 1.807) is 31.3 Å². The van der Waals surface area contributed by atoms with E-state index in [1.165, 1.54) is 29.2 Å². The van der Waals surface area contributed by atoms with Crippen molar-refractivity contribution < 1.29 is 14.3 Å². The minimum absolute atomic E-state index is 0.0838. The summed E-state index contributed by atoms with van der Waals surface area (Å²) >= 11 is 1.48. The standard InChI is InChI=1S/C21H19NO3S/c1-22(19-10-6-5-9-18(19)21(24)25-2)20(23)14-26-17-12-11-15-7-3-4-8-16(15)13-17/h3-13H,14H2,1-2H3. The number of carbonyl (C=O) groups excluding carboxylic acids is 2. The van der Waals surface area contributed by atoms with E-state index in [0.717, 1.165) is 10.3 Å². The average molecular weight is 365 g/mol. The van der Waals surface area contributed by atoms with Crippen LogP contribution in [0.25, 0.3) is 10.8 Å². The molecule has 26 heavy (non-hydrogen) atoms. The number of thioether (sulfide) groups is 1. The van der Waals surface area contributed by atoms with Crippen molar-refractivity contribution in [3.05, 3.63) is 72.3 Å². The second kappa shape index (κ2) is 8.06. The molecule has 3 rings (SSSR count). The van der Waals surface area contributed by atoms with Crippen LogP contribution < -0.4 is 4.90 Å². The largest absolute Gasteiger partial charge is 0.465 e. The van der Waals surface area contributed by atoms with Crippen LogP contribution in [0.3, 0.4) is 0 Å². The second-order valence-corrected chi connectivity index (χ2v) is 6.81. The number of hydrogen-bond donors (Lipinski definition) is 0. The lowest BCUT2D eigenvalue weighted by molar-refractivity contribution is -0.115. The molecule has 0 fully saturated rings. The number of nitrogens with zero attached hydrogens (tertiary/aromatic N) is 1. The van der Waals surface area contributed by atoms with Crippen LogP contribution in [0.15, 0.2) is 71.6 Å². The van der Waals surface area contributed by atoms with Crippen molar-refractivity contribution in [3.63, 3.8) is 0 Å². The van der Waals surface area contributed by atoms with Crippen LogP contribution in [0.4, 0.5) is 5.69 Å². The summed E-state index contributed by atoms with van der Waals surface area (Å²) in [6.45, 7) is 0. The normalized spacial score (nSPS) is 10.5. The minimum atomic E-state index is -0.456. The zero-order valence-corrected chi connectivity index (χ0v) is 15.5. The van der Waals surface area contributed by atoms with Gasteiger partial charge in [0.1, 0.15) is 0 Å². The number of esters is 1. The van der Waals surface area contributed by atoms with E-state index in [2.05, 4.69) is 24.3 Å². The lowest BCUT2D eigenvalue weighted by Crippen LogP contribution is -2.29. The summed E-state index contributed by atoms with van der Waals surface area (Å²) in [6.07, 6.45) is 0. The molecule has 0 aliphatic carbocycles. The molecule has 0 bridgehead atoms. The van der Waals surface area contributed by atoms with Gasteiger partial charge in [-0.25, -0.2) is 4.79 Å². The van der Waals surface area contributed by atoms with Crippen LogP contribution in [-0.4, -0.2) is 31.8 Å². The molecule has 0 unspecified atom stereocenters. The maximum atomic E-state index is 12.6. The van der Waals surface area contributed by atoms with E-state index in [4.69, 9.17) is 4.74 Å². The Hall–Kier alpha value is -2.79. The van der Waals surface area contributed by atoms with Gasteiger partial charge in [0.05, 0.1) is 24.1 Å². The van der Waals surface area contributed by atoms with Gasteiger partial charge in [-0.1, -0.05) is 42.5 Å². The topological polar surface area (TPSA) is 46.6 Å². The molecule has 132 valence electrons. The Morgan fingerprint density at radius 3 is 2.42 bits per heavy atom. The smallest absolute Gasteiger partial charge is 0.339 e. The molecule has 0 spiro atoms. The van der Waals surface area contributed by atoms with Gasteiger partial charge < -0.3 is 9.64 Å². The van der Waals surface area contributed by atoms with Gasteiger partial charge in [-0.3, -0.25) is 4.79 Å². The van der Waals surface area contributed by atoms with Crippen LogP contribution in [0.1, 0.15) is 10.4 Å². The molecular weight excluding hydrogens is 346 g/mol. The second-order valence-electron chi connectivity index (χ2n) is 5.76.